The number of rotatable bonds is 13. The number of nitrogens with one attached hydrogen (secondary N) is 4. The normalized spacial score (nSPS) is 19.6. The van der Waals surface area contributed by atoms with E-state index < -0.39 is 23.5 Å². The van der Waals surface area contributed by atoms with E-state index in [4.69, 9.17) is 20.0 Å². The number of carbonyl (C=O) groups is 2. The number of carbonyl (C=O) groups excluding carboxylic acids is 2. The summed E-state index contributed by atoms with van der Waals surface area (Å²) in [6.07, 6.45) is 3.38. The van der Waals surface area contributed by atoms with Gasteiger partial charge in [0.05, 0.1) is 37.8 Å². The molecule has 0 saturated heterocycles. The van der Waals surface area contributed by atoms with Gasteiger partial charge < -0.3 is 35.3 Å². The molecule has 14 nitrogen and oxygen atoms in total. The van der Waals surface area contributed by atoms with Gasteiger partial charge in [0.1, 0.15) is 34.7 Å². The lowest BCUT2D eigenvalue weighted by atomic mass is 9.87. The Kier molecular flexibility index (Phi) is 12.1. The molecule has 0 bridgehead atoms. The van der Waals surface area contributed by atoms with Gasteiger partial charge >= 0.3 is 5.95 Å². The van der Waals surface area contributed by atoms with E-state index in [0.29, 0.717) is 66.9 Å². The molecule has 0 unspecified atom stereocenters. The summed E-state index contributed by atoms with van der Waals surface area (Å²) in [4.78, 5) is 36.5. The van der Waals surface area contributed by atoms with E-state index in [0.717, 1.165) is 5.69 Å². The Bertz CT molecular complexity index is 1550. The van der Waals surface area contributed by atoms with Crippen LogP contribution >= 0.6 is 63.7 Å². The number of anilines is 1. The largest absolute Gasteiger partial charge is 0.495 e. The molecule has 2 aromatic rings. The summed E-state index contributed by atoms with van der Waals surface area (Å²) < 4.78 is 13.4. The molecule has 0 saturated carbocycles. The highest BCUT2D eigenvalue weighted by atomic mass is 79.9. The molecule has 2 atom stereocenters. The lowest BCUT2D eigenvalue weighted by Gasteiger charge is -2.33. The van der Waals surface area contributed by atoms with Crippen LogP contribution < -0.4 is 26.1 Å². The Morgan fingerprint density at radius 1 is 1.24 bits per heavy atom. The minimum absolute atomic E-state index is 0.0514. The molecule has 2 amide bonds. The van der Waals surface area contributed by atoms with E-state index in [2.05, 4.69) is 94.6 Å². The quantitative estimate of drug-likeness (QED) is 0.0762. The third-order valence-electron chi connectivity index (χ3n) is 6.79. The standard InChI is InChI=1S/C27H29Br4N7O7/c1-43-22-17(30)10-27(23(39)20(22)31)11-19(38-45-27)25(41)33-4-2-6-44-21-15(28)7-13(8-16(21)29)9-18(37-42)24(40)34-5-3-14-12-35-26(32)36-14/h7-8,10,12,23,39,42H,2-6,9,11H2,1H3,(H,33,41)(H,34,40)(H3,32,35,36)/p+1/b37-18+/t23-,27+/m0/s1. The lowest BCUT2D eigenvalue weighted by molar-refractivity contribution is -0.358. The zero-order valence-corrected chi connectivity index (χ0v) is 30.1. The number of imidazole rings is 1. The predicted molar refractivity (Wildman–Crippen MR) is 178 cm³/mol. The van der Waals surface area contributed by atoms with Gasteiger partial charge in [0.2, 0.25) is 0 Å². The van der Waals surface area contributed by atoms with Gasteiger partial charge in [-0.1, -0.05) is 10.3 Å². The fraction of sp³-hybridized carbons (Fsp3) is 0.370. The van der Waals surface area contributed by atoms with Gasteiger partial charge in [-0.25, -0.2) is 9.97 Å². The Hall–Kier alpha value is -2.93. The monoisotopic (exact) mass is 880 g/mol. The van der Waals surface area contributed by atoms with E-state index >= 15 is 0 Å². The Morgan fingerprint density at radius 3 is 2.62 bits per heavy atom. The van der Waals surface area contributed by atoms with Crippen LogP contribution in [-0.2, 0) is 32.0 Å². The molecule has 0 radical (unpaired) electrons. The number of methoxy groups -OCH3 is 1. The number of nitrogens with two attached hydrogens (primary N) is 1. The second-order valence-electron chi connectivity index (χ2n) is 9.97. The number of nitrogens with zero attached hydrogens (tertiary/aromatic N) is 2. The van der Waals surface area contributed by atoms with Crippen LogP contribution in [0.25, 0.3) is 0 Å². The molecule has 1 aromatic carbocycles. The molecular weight excluding hydrogens is 854 g/mol. The molecule has 4 rings (SSSR count). The van der Waals surface area contributed by atoms with Gasteiger partial charge in [0.15, 0.2) is 5.60 Å². The summed E-state index contributed by atoms with van der Waals surface area (Å²) in [5, 5.41) is 32.8. The zero-order valence-electron chi connectivity index (χ0n) is 23.8. The summed E-state index contributed by atoms with van der Waals surface area (Å²) in [6.45, 7) is 0.906. The second-order valence-corrected chi connectivity index (χ2v) is 13.4. The van der Waals surface area contributed by atoms with Crippen LogP contribution in [0.2, 0.25) is 0 Å². The fourth-order valence-corrected chi connectivity index (χ4v) is 7.84. The third-order valence-corrected chi connectivity index (χ3v) is 9.35. The molecule has 2 aliphatic rings. The van der Waals surface area contributed by atoms with Crippen LogP contribution in [0.4, 0.5) is 5.95 Å². The van der Waals surface area contributed by atoms with Crippen LogP contribution in [0.5, 0.6) is 5.75 Å². The van der Waals surface area contributed by atoms with Crippen LogP contribution in [-0.4, -0.2) is 77.0 Å². The maximum Gasteiger partial charge on any atom is 0.350 e. The average molecular weight is 884 g/mol. The number of aliphatic hydroxyl groups excluding tert-OH is 1. The molecule has 0 fully saturated rings. The van der Waals surface area contributed by atoms with Crippen molar-refractivity contribution in [2.45, 2.75) is 37.4 Å². The molecule has 242 valence electrons. The summed E-state index contributed by atoms with van der Waals surface area (Å²) in [7, 11) is 1.48. The summed E-state index contributed by atoms with van der Waals surface area (Å²) in [5.41, 5.74) is 6.00. The number of halogens is 4. The minimum Gasteiger partial charge on any atom is -0.495 e. The summed E-state index contributed by atoms with van der Waals surface area (Å²) in [6, 6.07) is 3.53. The van der Waals surface area contributed by atoms with Crippen LogP contribution in [0, 0.1) is 0 Å². The zero-order chi connectivity index (χ0) is 32.7. The van der Waals surface area contributed by atoms with Gasteiger partial charge in [0, 0.05) is 32.4 Å². The number of hydrogen-bond acceptors (Lipinski definition) is 10. The fourth-order valence-electron chi connectivity index (χ4n) is 4.53. The number of H-pyrrole nitrogens is 2. The highest BCUT2D eigenvalue weighted by Crippen LogP contribution is 2.44. The Labute approximate surface area is 291 Å². The minimum atomic E-state index is -1.23. The van der Waals surface area contributed by atoms with Crippen molar-refractivity contribution in [3.05, 3.63) is 59.3 Å². The maximum atomic E-state index is 12.7. The number of aliphatic hydroxyl groups is 1. The van der Waals surface area contributed by atoms with Crippen molar-refractivity contribution in [2.24, 2.45) is 10.3 Å². The molecule has 2 heterocycles. The van der Waals surface area contributed by atoms with Gasteiger partial charge in [-0.2, -0.15) is 0 Å². The number of oxime groups is 2. The molecule has 1 aliphatic carbocycles. The lowest BCUT2D eigenvalue weighted by Crippen LogP contribution is -2.45. The van der Waals surface area contributed by atoms with E-state index in [1.807, 2.05) is 0 Å². The number of ether oxygens (including phenoxy) is 2. The number of benzene rings is 1. The van der Waals surface area contributed by atoms with Gasteiger partial charge in [-0.05, 0) is 93.9 Å². The summed E-state index contributed by atoms with van der Waals surface area (Å²) >= 11 is 13.7. The number of nitrogen functional groups attached to an aromatic ring is 1. The SMILES string of the molecule is COC1=C(Br)[C@H](O)[C@@]2(C=C1Br)CC(C(=O)NCCCOc1c(Br)cc(C/C(=N\O)C(=O)NCCc3c[nH+]c(N)[nH]3)cc1Br)=NO2. The molecule has 1 aromatic heterocycles. The number of allylic oxidation sites excluding steroid dienone is 1. The van der Waals surface area contributed by atoms with E-state index in [1.54, 1.807) is 24.4 Å². The van der Waals surface area contributed by atoms with Gasteiger partial charge in [-0.3, -0.25) is 15.3 Å². The van der Waals surface area contributed by atoms with Gasteiger partial charge in [0.25, 0.3) is 11.8 Å². The van der Waals surface area contributed by atoms with Crippen molar-refractivity contribution in [1.82, 2.24) is 15.6 Å². The third kappa shape index (κ3) is 8.46. The Balaban J connectivity index is 1.21. The highest BCUT2D eigenvalue weighted by molar-refractivity contribution is 9.12. The Morgan fingerprint density at radius 2 is 1.98 bits per heavy atom. The van der Waals surface area contributed by atoms with Crippen molar-refractivity contribution in [2.75, 3.05) is 32.5 Å². The maximum absolute atomic E-state index is 12.7. The van der Waals surface area contributed by atoms with Crippen molar-refractivity contribution in [1.29, 1.82) is 0 Å². The first-order chi connectivity index (χ1) is 21.5. The van der Waals surface area contributed by atoms with E-state index in [9.17, 15) is 19.9 Å². The van der Waals surface area contributed by atoms with Crippen LogP contribution in [0.15, 0.2) is 58.4 Å². The molecule has 45 heavy (non-hydrogen) atoms. The smallest absolute Gasteiger partial charge is 0.350 e. The molecular formula is C27H30Br4N7O7+. The highest BCUT2D eigenvalue weighted by Gasteiger charge is 2.50. The second kappa shape index (κ2) is 15.6. The van der Waals surface area contributed by atoms with Crippen LogP contribution in [0.1, 0.15) is 24.1 Å². The van der Waals surface area contributed by atoms with Crippen LogP contribution in [0.3, 0.4) is 0 Å². The van der Waals surface area contributed by atoms with Crippen molar-refractivity contribution < 1.29 is 39.2 Å². The first kappa shape index (κ1) is 34.9. The first-order valence-electron chi connectivity index (χ1n) is 13.5. The summed E-state index contributed by atoms with van der Waals surface area (Å²) in [5.74, 6) is 0.479. The number of aromatic nitrogens is 2. The topological polar surface area (TPSA) is 207 Å². The van der Waals surface area contributed by atoms with Gasteiger partial charge in [-0.15, -0.1) is 0 Å². The molecule has 18 heteroatoms. The van der Waals surface area contributed by atoms with Crippen molar-refractivity contribution >= 4 is 92.9 Å². The van der Waals surface area contributed by atoms with E-state index in [-0.39, 0.29) is 30.9 Å². The average Bonchev–Trinajstić information content (AvgIpc) is 3.62. The first-order valence-corrected chi connectivity index (χ1v) is 16.6. The molecule has 1 spiro atoms. The van der Waals surface area contributed by atoms with Crippen molar-refractivity contribution in [3.8, 4) is 5.75 Å². The van der Waals surface area contributed by atoms with Crippen molar-refractivity contribution in [3.63, 3.8) is 0 Å². The molecule has 1 aliphatic heterocycles. The molecule has 8 N–H and O–H groups in total. The van der Waals surface area contributed by atoms with E-state index in [1.165, 1.54) is 7.11 Å². The number of hydrogen-bond donors (Lipinski definition) is 6. The number of aromatic amines is 2. The number of amides is 2. The predicted octanol–water partition coefficient (Wildman–Crippen LogP) is 2.97.